The molecule has 0 radical (unpaired) electrons. The number of nitrogens with zero attached hydrogens (tertiary/aromatic N) is 1. The van der Waals surface area contributed by atoms with Gasteiger partial charge in [-0.1, -0.05) is 20.8 Å². The summed E-state index contributed by atoms with van der Waals surface area (Å²) in [5.74, 6) is -1.26. The van der Waals surface area contributed by atoms with Crippen LogP contribution >= 0.6 is 0 Å². The Kier molecular flexibility index (Phi) is 3.49. The number of ketones is 1. The molecule has 0 spiro atoms. The number of aliphatic hydroxyl groups is 1. The molecule has 19 heavy (non-hydrogen) atoms. The first-order valence-electron chi connectivity index (χ1n) is 6.45. The number of rotatable bonds is 3. The van der Waals surface area contributed by atoms with E-state index < -0.39 is 17.3 Å². The largest absolute Gasteiger partial charge is 0.461 e. The number of hydrogen-bond donors (Lipinski definition) is 1. The Hall–Kier alpha value is -1.62. The second-order valence-electron chi connectivity index (χ2n) is 5.54. The number of Topliss-reactive ketones (excluding diaryl/α,β-unsaturated/α-hetero) is 1. The molecule has 0 saturated carbocycles. The van der Waals surface area contributed by atoms with Gasteiger partial charge in [-0.25, -0.2) is 0 Å². The van der Waals surface area contributed by atoms with E-state index in [1.165, 1.54) is 17.2 Å². The van der Waals surface area contributed by atoms with E-state index in [1.54, 1.807) is 6.07 Å². The van der Waals surface area contributed by atoms with E-state index in [-0.39, 0.29) is 24.1 Å². The van der Waals surface area contributed by atoms with Crippen molar-refractivity contribution in [2.24, 2.45) is 11.8 Å². The summed E-state index contributed by atoms with van der Waals surface area (Å²) < 4.78 is 4.94. The maximum Gasteiger partial charge on any atom is 0.298 e. The maximum absolute atomic E-state index is 12.1. The van der Waals surface area contributed by atoms with Gasteiger partial charge in [-0.3, -0.25) is 9.59 Å². The lowest BCUT2D eigenvalue weighted by Gasteiger charge is -2.30. The van der Waals surface area contributed by atoms with Gasteiger partial charge in [-0.2, -0.15) is 0 Å². The summed E-state index contributed by atoms with van der Waals surface area (Å²) in [6, 6.07) is 3.03. The van der Waals surface area contributed by atoms with Crippen molar-refractivity contribution in [3.8, 4) is 0 Å². The first kappa shape index (κ1) is 13.8. The molecule has 5 nitrogen and oxygen atoms in total. The number of likely N-dealkylation sites (tertiary alicyclic amines) is 1. The van der Waals surface area contributed by atoms with Crippen LogP contribution in [0.25, 0.3) is 0 Å². The normalized spacial score (nSPS) is 27.0. The zero-order chi connectivity index (χ0) is 14.2. The summed E-state index contributed by atoms with van der Waals surface area (Å²) in [5, 5.41) is 10.5. The van der Waals surface area contributed by atoms with Crippen molar-refractivity contribution in [2.75, 3.05) is 13.1 Å². The molecule has 1 N–H and O–H groups in total. The highest BCUT2D eigenvalue weighted by molar-refractivity contribution is 6.42. The van der Waals surface area contributed by atoms with Gasteiger partial charge < -0.3 is 14.4 Å². The van der Waals surface area contributed by atoms with Crippen LogP contribution < -0.4 is 0 Å². The molecule has 2 unspecified atom stereocenters. The molecule has 0 aromatic carbocycles. The first-order valence-corrected chi connectivity index (χ1v) is 6.45. The number of β-amino-alcohol motifs (C(OH)–C–C–N with tert-alkyl or cyclic N) is 1. The molecule has 2 rings (SSSR count). The highest BCUT2D eigenvalue weighted by Gasteiger charge is 2.47. The lowest BCUT2D eigenvalue weighted by atomic mass is 9.82. The number of hydrogen-bond acceptors (Lipinski definition) is 4. The van der Waals surface area contributed by atoms with E-state index in [4.69, 9.17) is 4.42 Å². The molecule has 0 aliphatic carbocycles. The van der Waals surface area contributed by atoms with Crippen molar-refractivity contribution in [3.63, 3.8) is 0 Å². The van der Waals surface area contributed by atoms with Gasteiger partial charge in [0.25, 0.3) is 11.7 Å². The Morgan fingerprint density at radius 3 is 2.68 bits per heavy atom. The molecule has 2 atom stereocenters. The van der Waals surface area contributed by atoms with Crippen LogP contribution in [-0.2, 0) is 4.79 Å². The lowest BCUT2D eigenvalue weighted by molar-refractivity contribution is -0.126. The molecule has 1 saturated heterocycles. The molecular weight excluding hydrogens is 246 g/mol. The minimum atomic E-state index is -0.931. The van der Waals surface area contributed by atoms with Crippen LogP contribution in [0.2, 0.25) is 0 Å². The van der Waals surface area contributed by atoms with Crippen LogP contribution in [0.1, 0.15) is 31.3 Å². The molecule has 5 heteroatoms. The van der Waals surface area contributed by atoms with Gasteiger partial charge in [0.05, 0.1) is 18.4 Å². The second kappa shape index (κ2) is 4.81. The molecule has 1 amide bonds. The molecule has 0 bridgehead atoms. The summed E-state index contributed by atoms with van der Waals surface area (Å²) in [5.41, 5.74) is -0.931. The topological polar surface area (TPSA) is 70.8 Å². The van der Waals surface area contributed by atoms with Gasteiger partial charge >= 0.3 is 0 Å². The fourth-order valence-electron chi connectivity index (χ4n) is 2.58. The molecule has 1 fully saturated rings. The van der Waals surface area contributed by atoms with Crippen LogP contribution in [0.3, 0.4) is 0 Å². The third-order valence-electron chi connectivity index (χ3n) is 4.02. The molecule has 2 heterocycles. The van der Waals surface area contributed by atoms with Crippen molar-refractivity contribution in [3.05, 3.63) is 24.2 Å². The highest BCUT2D eigenvalue weighted by atomic mass is 16.3. The Morgan fingerprint density at radius 1 is 1.53 bits per heavy atom. The Balaban J connectivity index is 2.13. The van der Waals surface area contributed by atoms with E-state index in [1.807, 2.05) is 20.8 Å². The maximum atomic E-state index is 12.1. The van der Waals surface area contributed by atoms with Gasteiger partial charge in [-0.15, -0.1) is 0 Å². The SMILES string of the molecule is CC(C)C1(O)CN(C(=O)C(=O)c2ccco2)CC1C. The van der Waals surface area contributed by atoms with E-state index in [2.05, 4.69) is 0 Å². The van der Waals surface area contributed by atoms with Crippen LogP contribution in [-0.4, -0.2) is 40.4 Å². The third-order valence-corrected chi connectivity index (χ3v) is 4.02. The fraction of sp³-hybridized carbons (Fsp3) is 0.571. The van der Waals surface area contributed by atoms with Crippen LogP contribution in [0.4, 0.5) is 0 Å². The minimum Gasteiger partial charge on any atom is -0.461 e. The molecule has 104 valence electrons. The van der Waals surface area contributed by atoms with Crippen molar-refractivity contribution in [2.45, 2.75) is 26.4 Å². The average Bonchev–Trinajstić information content (AvgIpc) is 2.97. The number of carbonyl (C=O) groups is 2. The van der Waals surface area contributed by atoms with Crippen LogP contribution in [0.5, 0.6) is 0 Å². The monoisotopic (exact) mass is 265 g/mol. The smallest absolute Gasteiger partial charge is 0.298 e. The molecule has 1 aliphatic rings. The van der Waals surface area contributed by atoms with E-state index in [0.29, 0.717) is 6.54 Å². The van der Waals surface area contributed by atoms with Crippen molar-refractivity contribution >= 4 is 11.7 Å². The predicted octanol–water partition coefficient (Wildman–Crippen LogP) is 1.33. The molecule has 1 aliphatic heterocycles. The quantitative estimate of drug-likeness (QED) is 0.661. The second-order valence-corrected chi connectivity index (χ2v) is 5.54. The first-order chi connectivity index (χ1) is 8.86. The molecule has 1 aromatic heterocycles. The van der Waals surface area contributed by atoms with Gasteiger partial charge in [0.2, 0.25) is 0 Å². The zero-order valence-corrected chi connectivity index (χ0v) is 11.4. The summed E-state index contributed by atoms with van der Waals surface area (Å²) in [6.45, 7) is 6.30. The third kappa shape index (κ3) is 2.30. The summed E-state index contributed by atoms with van der Waals surface area (Å²) >= 11 is 0. The van der Waals surface area contributed by atoms with Crippen LogP contribution in [0, 0.1) is 11.8 Å². The molecular formula is C14H19NO4. The lowest BCUT2D eigenvalue weighted by Crippen LogP contribution is -2.44. The van der Waals surface area contributed by atoms with E-state index in [0.717, 1.165) is 0 Å². The van der Waals surface area contributed by atoms with Crippen LogP contribution in [0.15, 0.2) is 22.8 Å². The van der Waals surface area contributed by atoms with Gasteiger partial charge in [-0.05, 0) is 18.1 Å². The minimum absolute atomic E-state index is 0.0269. The predicted molar refractivity (Wildman–Crippen MR) is 68.6 cm³/mol. The van der Waals surface area contributed by atoms with Crippen molar-refractivity contribution < 1.29 is 19.1 Å². The summed E-state index contributed by atoms with van der Waals surface area (Å²) in [7, 11) is 0. The molecule has 1 aromatic rings. The number of amides is 1. The summed E-state index contributed by atoms with van der Waals surface area (Å²) in [4.78, 5) is 25.4. The highest BCUT2D eigenvalue weighted by Crippen LogP contribution is 2.34. The van der Waals surface area contributed by atoms with Crippen molar-refractivity contribution in [1.82, 2.24) is 4.90 Å². The zero-order valence-electron chi connectivity index (χ0n) is 11.4. The Morgan fingerprint density at radius 2 is 2.21 bits per heavy atom. The fourth-order valence-corrected chi connectivity index (χ4v) is 2.58. The number of furan rings is 1. The van der Waals surface area contributed by atoms with E-state index in [9.17, 15) is 14.7 Å². The van der Waals surface area contributed by atoms with Gasteiger partial charge in [0.15, 0.2) is 5.76 Å². The Labute approximate surface area is 112 Å². The van der Waals surface area contributed by atoms with E-state index >= 15 is 0 Å². The standard InChI is InChI=1S/C14H19NO4/c1-9(2)14(18)8-15(7-10(14)3)13(17)12(16)11-5-4-6-19-11/h4-6,9-10,18H,7-8H2,1-3H3. The van der Waals surface area contributed by atoms with Gasteiger partial charge in [0, 0.05) is 12.5 Å². The number of carbonyl (C=O) groups excluding carboxylic acids is 2. The Bertz CT molecular complexity index is 480. The van der Waals surface area contributed by atoms with Gasteiger partial charge in [0.1, 0.15) is 0 Å². The average molecular weight is 265 g/mol. The summed E-state index contributed by atoms with van der Waals surface area (Å²) in [6.07, 6.45) is 1.36. The van der Waals surface area contributed by atoms with Crippen molar-refractivity contribution in [1.29, 1.82) is 0 Å².